The van der Waals surface area contributed by atoms with Gasteiger partial charge in [-0.05, 0) is 30.3 Å². The molecular weight excluding hydrogens is 420 g/mol. The smallest absolute Gasteiger partial charge is 0.344 e. The topological polar surface area (TPSA) is 138 Å². The van der Waals surface area contributed by atoms with Gasteiger partial charge < -0.3 is 19.2 Å². The maximum absolute atomic E-state index is 11.9. The fourth-order valence-corrected chi connectivity index (χ4v) is 2.57. The Morgan fingerprint density at radius 2 is 1.87 bits per heavy atom. The summed E-state index contributed by atoms with van der Waals surface area (Å²) in [5.41, 5.74) is -0.712. The Morgan fingerprint density at radius 3 is 2.63 bits per heavy atom. The highest BCUT2D eigenvalue weighted by molar-refractivity contribution is 6.31. The molecule has 0 radical (unpaired) electrons. The van der Waals surface area contributed by atoms with Gasteiger partial charge in [-0.15, -0.1) is 0 Å². The summed E-state index contributed by atoms with van der Waals surface area (Å²) in [5.74, 6) is -1.36. The zero-order chi connectivity index (χ0) is 21.7. The van der Waals surface area contributed by atoms with Gasteiger partial charge in [0.1, 0.15) is 17.0 Å². The van der Waals surface area contributed by atoms with Crippen molar-refractivity contribution in [3.8, 4) is 5.75 Å². The molecule has 3 aromatic rings. The molecule has 1 amide bonds. The van der Waals surface area contributed by atoms with Crippen molar-refractivity contribution in [1.82, 2.24) is 0 Å². The van der Waals surface area contributed by atoms with Crippen LogP contribution in [-0.4, -0.2) is 30.0 Å². The van der Waals surface area contributed by atoms with Crippen molar-refractivity contribution in [3.05, 3.63) is 74.1 Å². The van der Waals surface area contributed by atoms with E-state index < -0.39 is 41.3 Å². The van der Waals surface area contributed by atoms with E-state index >= 15 is 0 Å². The number of fused-ring (bicyclic) bond motifs is 1. The molecule has 0 saturated carbocycles. The zero-order valence-corrected chi connectivity index (χ0v) is 15.9. The van der Waals surface area contributed by atoms with Gasteiger partial charge >= 0.3 is 11.6 Å². The number of nitro benzene ring substituents is 1. The lowest BCUT2D eigenvalue weighted by molar-refractivity contribution is -0.383. The Bertz CT molecular complexity index is 1190. The van der Waals surface area contributed by atoms with E-state index in [1.54, 1.807) is 18.2 Å². The molecule has 0 atom stereocenters. The normalized spacial score (nSPS) is 10.4. The summed E-state index contributed by atoms with van der Waals surface area (Å²) >= 11 is 5.70. The van der Waals surface area contributed by atoms with Gasteiger partial charge in [0, 0.05) is 28.6 Å². The molecule has 1 aromatic heterocycles. The molecular formula is C19H13ClN2O8. The van der Waals surface area contributed by atoms with Gasteiger partial charge in [-0.1, -0.05) is 11.6 Å². The van der Waals surface area contributed by atoms with E-state index in [0.717, 1.165) is 6.07 Å². The van der Waals surface area contributed by atoms with Gasteiger partial charge in [-0.3, -0.25) is 14.9 Å². The highest BCUT2D eigenvalue weighted by atomic mass is 35.5. The Kier molecular flexibility index (Phi) is 6.28. The summed E-state index contributed by atoms with van der Waals surface area (Å²) < 4.78 is 15.1. The summed E-state index contributed by atoms with van der Waals surface area (Å²) in [6.45, 7) is -1.18. The number of ether oxygens (including phenoxy) is 2. The number of halogens is 1. The maximum atomic E-state index is 11.9. The average Bonchev–Trinajstić information content (AvgIpc) is 2.71. The molecule has 2 aromatic carbocycles. The number of esters is 1. The van der Waals surface area contributed by atoms with Crippen LogP contribution >= 0.6 is 11.6 Å². The number of anilines is 1. The molecule has 0 spiro atoms. The molecule has 154 valence electrons. The minimum Gasteiger partial charge on any atom is -0.482 e. The number of nitrogens with one attached hydrogen (secondary N) is 1. The van der Waals surface area contributed by atoms with E-state index in [1.807, 2.05) is 0 Å². The number of hydrogen-bond donors (Lipinski definition) is 1. The second-order valence-corrected chi connectivity index (χ2v) is 6.31. The molecule has 0 saturated heterocycles. The number of nitro groups is 1. The van der Waals surface area contributed by atoms with Crippen LogP contribution in [0.3, 0.4) is 0 Å². The zero-order valence-electron chi connectivity index (χ0n) is 15.1. The number of amides is 1. The van der Waals surface area contributed by atoms with Crippen LogP contribution in [0.5, 0.6) is 5.75 Å². The second kappa shape index (κ2) is 9.05. The lowest BCUT2D eigenvalue weighted by Crippen LogP contribution is -2.24. The van der Waals surface area contributed by atoms with Gasteiger partial charge in [-0.2, -0.15) is 0 Å². The molecule has 0 fully saturated rings. The maximum Gasteiger partial charge on any atom is 0.344 e. The summed E-state index contributed by atoms with van der Waals surface area (Å²) in [4.78, 5) is 45.2. The van der Waals surface area contributed by atoms with Crippen LogP contribution in [0.4, 0.5) is 11.4 Å². The van der Waals surface area contributed by atoms with Crippen molar-refractivity contribution in [2.75, 3.05) is 18.5 Å². The molecule has 0 aliphatic heterocycles. The Balaban J connectivity index is 1.52. The minimum atomic E-state index is -0.842. The first-order valence-corrected chi connectivity index (χ1v) is 8.76. The lowest BCUT2D eigenvalue weighted by atomic mass is 10.2. The first-order chi connectivity index (χ1) is 14.3. The molecule has 0 aliphatic carbocycles. The quantitative estimate of drug-likeness (QED) is 0.260. The number of rotatable bonds is 7. The summed E-state index contributed by atoms with van der Waals surface area (Å²) in [5, 5.41) is 14.1. The molecule has 0 bridgehead atoms. The highest BCUT2D eigenvalue weighted by Crippen LogP contribution is 2.27. The average molecular weight is 433 g/mol. The summed E-state index contributed by atoms with van der Waals surface area (Å²) in [6.07, 6.45) is 0. The third kappa shape index (κ3) is 5.32. The van der Waals surface area contributed by atoms with Crippen molar-refractivity contribution in [2.45, 2.75) is 0 Å². The Morgan fingerprint density at radius 1 is 1.10 bits per heavy atom. The molecule has 1 heterocycles. The molecule has 3 rings (SSSR count). The third-order valence-electron chi connectivity index (χ3n) is 3.75. The monoisotopic (exact) mass is 432 g/mol. The summed E-state index contributed by atoms with van der Waals surface area (Å²) in [7, 11) is 0. The summed E-state index contributed by atoms with van der Waals surface area (Å²) in [6, 6.07) is 11.2. The van der Waals surface area contributed by atoms with Gasteiger partial charge in [-0.25, -0.2) is 9.59 Å². The van der Waals surface area contributed by atoms with E-state index in [2.05, 4.69) is 5.32 Å². The Labute approximate surface area is 173 Å². The van der Waals surface area contributed by atoms with Crippen molar-refractivity contribution in [2.24, 2.45) is 0 Å². The van der Waals surface area contributed by atoms with Crippen LogP contribution in [0.25, 0.3) is 11.0 Å². The molecule has 30 heavy (non-hydrogen) atoms. The largest absolute Gasteiger partial charge is 0.482 e. The molecule has 0 unspecified atom stereocenters. The fourth-order valence-electron chi connectivity index (χ4n) is 2.41. The number of carbonyl (C=O) groups excluding carboxylic acids is 2. The SMILES string of the molecule is O=C(COC(=O)COc1ccc2ccc(=O)oc2c1)Nc1ccc(Cl)cc1[N+](=O)[O-]. The standard InChI is InChI=1S/C19H13ClN2O8/c20-12-3-5-14(15(7-12)22(26)27)21-17(23)9-29-19(25)10-28-13-4-1-11-2-6-18(24)30-16(11)8-13/h1-8H,9-10H2,(H,21,23). The van der Waals surface area contributed by atoms with Gasteiger partial charge in [0.15, 0.2) is 13.2 Å². The number of carbonyl (C=O) groups is 2. The first-order valence-electron chi connectivity index (χ1n) is 8.38. The number of hydrogen-bond acceptors (Lipinski definition) is 8. The number of nitrogens with zero attached hydrogens (tertiary/aromatic N) is 1. The van der Waals surface area contributed by atoms with E-state index in [9.17, 15) is 24.5 Å². The van der Waals surface area contributed by atoms with E-state index in [1.165, 1.54) is 24.3 Å². The lowest BCUT2D eigenvalue weighted by Gasteiger charge is -2.08. The molecule has 0 aliphatic rings. The second-order valence-electron chi connectivity index (χ2n) is 5.87. The van der Waals surface area contributed by atoms with E-state index in [0.29, 0.717) is 5.39 Å². The van der Waals surface area contributed by atoms with Crippen LogP contribution in [0.15, 0.2) is 57.7 Å². The van der Waals surface area contributed by atoms with Crippen molar-refractivity contribution in [1.29, 1.82) is 0 Å². The van der Waals surface area contributed by atoms with Crippen LogP contribution in [-0.2, 0) is 14.3 Å². The van der Waals surface area contributed by atoms with Gasteiger partial charge in [0.05, 0.1) is 4.92 Å². The Hall–Kier alpha value is -3.92. The number of benzene rings is 2. The van der Waals surface area contributed by atoms with Crippen molar-refractivity contribution < 1.29 is 28.4 Å². The predicted octanol–water partition coefficient (Wildman–Crippen LogP) is 2.92. The van der Waals surface area contributed by atoms with Gasteiger partial charge in [0.25, 0.3) is 11.6 Å². The van der Waals surface area contributed by atoms with Crippen molar-refractivity contribution >= 4 is 45.8 Å². The van der Waals surface area contributed by atoms with Gasteiger partial charge in [0.2, 0.25) is 0 Å². The molecule has 10 nitrogen and oxygen atoms in total. The van der Waals surface area contributed by atoms with E-state index in [4.69, 9.17) is 25.5 Å². The van der Waals surface area contributed by atoms with Crippen LogP contribution in [0, 0.1) is 10.1 Å². The van der Waals surface area contributed by atoms with Crippen LogP contribution in [0.2, 0.25) is 5.02 Å². The highest BCUT2D eigenvalue weighted by Gasteiger charge is 2.17. The van der Waals surface area contributed by atoms with Crippen molar-refractivity contribution in [3.63, 3.8) is 0 Å². The van der Waals surface area contributed by atoms with Crippen LogP contribution in [0.1, 0.15) is 0 Å². The predicted molar refractivity (Wildman–Crippen MR) is 106 cm³/mol. The third-order valence-corrected chi connectivity index (χ3v) is 3.98. The first kappa shape index (κ1) is 20.8. The molecule has 1 N–H and O–H groups in total. The van der Waals surface area contributed by atoms with Crippen LogP contribution < -0.4 is 15.7 Å². The minimum absolute atomic E-state index is 0.0839. The fraction of sp³-hybridized carbons (Fsp3) is 0.105. The van der Waals surface area contributed by atoms with E-state index in [-0.39, 0.29) is 22.0 Å². The molecule has 11 heteroatoms.